The molecule has 1 amide bonds. The van der Waals surface area contributed by atoms with Crippen molar-refractivity contribution in [3.63, 3.8) is 0 Å². The molecule has 0 spiro atoms. The van der Waals surface area contributed by atoms with E-state index in [-0.39, 0.29) is 24.2 Å². The number of rotatable bonds is 7. The van der Waals surface area contributed by atoms with Crippen LogP contribution in [0.3, 0.4) is 0 Å². The van der Waals surface area contributed by atoms with Gasteiger partial charge in [0.15, 0.2) is 0 Å². The number of hydrazine groups is 1. The SMILES string of the molecule is Cn1c(Nc2ccc(I)cc2Cl)c(C(=O)N(N)CCCN=O)c2sccc2c1=O. The second kappa shape index (κ2) is 9.20. The lowest BCUT2D eigenvalue weighted by molar-refractivity contribution is 0.0757. The van der Waals surface area contributed by atoms with Crippen molar-refractivity contribution in [3.8, 4) is 0 Å². The van der Waals surface area contributed by atoms with E-state index in [9.17, 15) is 14.5 Å². The summed E-state index contributed by atoms with van der Waals surface area (Å²) in [5, 5.41) is 9.58. The van der Waals surface area contributed by atoms with Crippen molar-refractivity contribution in [2.45, 2.75) is 6.42 Å². The van der Waals surface area contributed by atoms with Crippen LogP contribution < -0.4 is 16.7 Å². The molecule has 152 valence electrons. The van der Waals surface area contributed by atoms with Crippen molar-refractivity contribution in [3.05, 3.63) is 59.1 Å². The van der Waals surface area contributed by atoms with Gasteiger partial charge in [-0.3, -0.25) is 19.2 Å². The standard InChI is InChI=1S/C18H17ClIN5O3S/c1-24-16(23-13-4-3-10(20)9-12(13)19)14(15-11(17(24)26)5-8-29-15)18(27)25(21)7-2-6-22-28/h3-5,8-9,23H,2,6-7,21H2,1H3. The van der Waals surface area contributed by atoms with Crippen molar-refractivity contribution >= 4 is 73.0 Å². The van der Waals surface area contributed by atoms with Crippen LogP contribution in [0.15, 0.2) is 39.6 Å². The number of hydrogen-bond acceptors (Lipinski definition) is 7. The summed E-state index contributed by atoms with van der Waals surface area (Å²) in [5.41, 5.74) is 0.588. The van der Waals surface area contributed by atoms with E-state index in [1.165, 1.54) is 15.9 Å². The van der Waals surface area contributed by atoms with Gasteiger partial charge in [-0.2, -0.15) is 4.91 Å². The molecular formula is C18H17ClIN5O3S. The maximum atomic E-state index is 13.2. The first-order valence-electron chi connectivity index (χ1n) is 8.53. The predicted molar refractivity (Wildman–Crippen MR) is 125 cm³/mol. The predicted octanol–water partition coefficient (Wildman–Crippen LogP) is 4.07. The molecule has 0 radical (unpaired) electrons. The first-order valence-corrected chi connectivity index (χ1v) is 10.9. The maximum absolute atomic E-state index is 13.2. The van der Waals surface area contributed by atoms with Gasteiger partial charge in [-0.15, -0.1) is 11.3 Å². The van der Waals surface area contributed by atoms with Gasteiger partial charge >= 0.3 is 0 Å². The molecule has 0 saturated carbocycles. The van der Waals surface area contributed by atoms with Crippen LogP contribution in [0.2, 0.25) is 5.02 Å². The highest BCUT2D eigenvalue weighted by Gasteiger charge is 2.25. The molecule has 8 nitrogen and oxygen atoms in total. The lowest BCUT2D eigenvalue weighted by atomic mass is 10.1. The largest absolute Gasteiger partial charge is 0.340 e. The highest BCUT2D eigenvalue weighted by atomic mass is 127. The topological polar surface area (TPSA) is 110 Å². The maximum Gasteiger partial charge on any atom is 0.272 e. The number of amides is 1. The fraction of sp³-hybridized carbons (Fsp3) is 0.222. The number of hydrogen-bond donors (Lipinski definition) is 2. The highest BCUT2D eigenvalue weighted by molar-refractivity contribution is 14.1. The first kappa shape index (κ1) is 21.7. The summed E-state index contributed by atoms with van der Waals surface area (Å²) in [6.45, 7) is 0.218. The lowest BCUT2D eigenvalue weighted by Gasteiger charge is -2.21. The smallest absolute Gasteiger partial charge is 0.272 e. The van der Waals surface area contributed by atoms with Gasteiger partial charge < -0.3 is 5.32 Å². The van der Waals surface area contributed by atoms with Gasteiger partial charge in [-0.1, -0.05) is 16.8 Å². The number of anilines is 2. The van der Waals surface area contributed by atoms with Crippen LogP contribution in [0.5, 0.6) is 0 Å². The molecule has 3 N–H and O–H groups in total. The third-order valence-electron chi connectivity index (χ3n) is 4.31. The number of nitrogens with two attached hydrogens (primary N) is 1. The number of aromatic nitrogens is 1. The molecule has 2 aromatic heterocycles. The van der Waals surface area contributed by atoms with Crippen LogP contribution in [-0.4, -0.2) is 28.6 Å². The minimum Gasteiger partial charge on any atom is -0.340 e. The lowest BCUT2D eigenvalue weighted by Crippen LogP contribution is -2.39. The third kappa shape index (κ3) is 4.44. The van der Waals surface area contributed by atoms with Gasteiger partial charge in [0, 0.05) is 17.2 Å². The van der Waals surface area contributed by atoms with E-state index >= 15 is 0 Å². The molecule has 1 aromatic carbocycles. The van der Waals surface area contributed by atoms with Gasteiger partial charge in [-0.05, 0) is 58.7 Å². The van der Waals surface area contributed by atoms with Crippen LogP contribution in [0.1, 0.15) is 16.8 Å². The summed E-state index contributed by atoms with van der Waals surface area (Å²) >= 11 is 9.76. The third-order valence-corrected chi connectivity index (χ3v) is 6.22. The van der Waals surface area contributed by atoms with E-state index in [0.29, 0.717) is 33.0 Å². The number of halogens is 2. The van der Waals surface area contributed by atoms with Crippen molar-refractivity contribution in [1.82, 2.24) is 9.58 Å². The van der Waals surface area contributed by atoms with E-state index in [4.69, 9.17) is 17.4 Å². The Morgan fingerprint density at radius 3 is 2.86 bits per heavy atom. The van der Waals surface area contributed by atoms with Crippen molar-refractivity contribution < 1.29 is 4.79 Å². The number of nitrogens with zero attached hydrogens (tertiary/aromatic N) is 3. The second-order valence-electron chi connectivity index (χ2n) is 6.21. The summed E-state index contributed by atoms with van der Waals surface area (Å²) in [4.78, 5) is 36.3. The number of nitroso groups, excluding NO2 is 1. The Balaban J connectivity index is 2.13. The molecule has 0 aliphatic rings. The van der Waals surface area contributed by atoms with E-state index in [2.05, 4.69) is 33.1 Å². The van der Waals surface area contributed by atoms with E-state index in [0.717, 1.165) is 8.58 Å². The Hall–Kier alpha value is -2.02. The first-order chi connectivity index (χ1) is 13.8. The van der Waals surface area contributed by atoms with Gasteiger partial charge in [0.2, 0.25) is 0 Å². The van der Waals surface area contributed by atoms with E-state index in [1.54, 1.807) is 30.6 Å². The number of nitrogens with one attached hydrogen (secondary N) is 1. The van der Waals surface area contributed by atoms with Gasteiger partial charge in [0.05, 0.1) is 32.9 Å². The quantitative estimate of drug-likeness (QED) is 0.116. The molecule has 3 rings (SSSR count). The number of carbonyl (C=O) groups is 1. The van der Waals surface area contributed by atoms with E-state index < -0.39 is 5.91 Å². The molecule has 29 heavy (non-hydrogen) atoms. The Morgan fingerprint density at radius 2 is 2.17 bits per heavy atom. The molecule has 0 unspecified atom stereocenters. The van der Waals surface area contributed by atoms with Crippen LogP contribution in [-0.2, 0) is 7.05 Å². The molecule has 0 aliphatic heterocycles. The highest BCUT2D eigenvalue weighted by Crippen LogP contribution is 2.33. The number of benzene rings is 1. The number of pyridine rings is 1. The van der Waals surface area contributed by atoms with Gasteiger partial charge in [0.25, 0.3) is 11.5 Å². The Kier molecular flexibility index (Phi) is 6.88. The Morgan fingerprint density at radius 1 is 1.41 bits per heavy atom. The minimum absolute atomic E-state index is 0.0615. The zero-order chi connectivity index (χ0) is 21.1. The van der Waals surface area contributed by atoms with E-state index in [1.807, 2.05) is 6.07 Å². The number of fused-ring (bicyclic) bond motifs is 1. The summed E-state index contributed by atoms with van der Waals surface area (Å²) in [5.74, 6) is 5.78. The summed E-state index contributed by atoms with van der Waals surface area (Å²) in [6.07, 6.45) is 0.344. The average Bonchev–Trinajstić information content (AvgIpc) is 3.17. The van der Waals surface area contributed by atoms with Crippen LogP contribution in [0.25, 0.3) is 10.1 Å². The average molecular weight is 546 g/mol. The molecule has 3 aromatic rings. The zero-order valence-corrected chi connectivity index (χ0v) is 19.0. The monoisotopic (exact) mass is 545 g/mol. The van der Waals surface area contributed by atoms with Crippen LogP contribution in [0, 0.1) is 8.48 Å². The fourth-order valence-corrected chi connectivity index (χ4v) is 4.67. The summed E-state index contributed by atoms with van der Waals surface area (Å²) < 4.78 is 2.86. The zero-order valence-electron chi connectivity index (χ0n) is 15.3. The summed E-state index contributed by atoms with van der Waals surface area (Å²) in [7, 11) is 1.58. The normalized spacial score (nSPS) is 10.9. The van der Waals surface area contributed by atoms with Crippen molar-refractivity contribution in [1.29, 1.82) is 0 Å². The molecular weight excluding hydrogens is 529 g/mol. The molecule has 0 saturated heterocycles. The van der Waals surface area contributed by atoms with Crippen LogP contribution in [0.4, 0.5) is 11.5 Å². The Labute approximate surface area is 188 Å². The Bertz CT molecular complexity index is 1150. The minimum atomic E-state index is -0.469. The van der Waals surface area contributed by atoms with Crippen molar-refractivity contribution in [2.24, 2.45) is 18.1 Å². The summed E-state index contributed by atoms with van der Waals surface area (Å²) in [6, 6.07) is 7.09. The molecule has 11 heteroatoms. The molecule has 0 fully saturated rings. The number of carbonyl (C=O) groups excluding carboxylic acids is 1. The van der Waals surface area contributed by atoms with Crippen molar-refractivity contribution in [2.75, 3.05) is 18.4 Å². The fourth-order valence-electron chi connectivity index (χ4n) is 2.84. The molecule has 0 atom stereocenters. The molecule has 0 aliphatic carbocycles. The van der Waals surface area contributed by atoms with Gasteiger partial charge in [0.1, 0.15) is 5.82 Å². The molecule has 2 heterocycles. The van der Waals surface area contributed by atoms with Gasteiger partial charge in [-0.25, -0.2) is 5.84 Å². The number of thiophene rings is 1. The molecule has 0 bridgehead atoms. The second-order valence-corrected chi connectivity index (χ2v) is 8.77. The van der Waals surface area contributed by atoms with Crippen LogP contribution >= 0.6 is 45.5 Å².